The van der Waals surface area contributed by atoms with Gasteiger partial charge in [0.2, 0.25) is 5.91 Å². The summed E-state index contributed by atoms with van der Waals surface area (Å²) in [5, 5.41) is 5.26. The molecule has 6 nitrogen and oxygen atoms in total. The highest BCUT2D eigenvalue weighted by molar-refractivity contribution is 7.92. The monoisotopic (exact) mass is 385 g/mol. The van der Waals surface area contributed by atoms with Crippen LogP contribution in [0.1, 0.15) is 17.7 Å². The van der Waals surface area contributed by atoms with Crippen LogP contribution in [0.25, 0.3) is 0 Å². The van der Waals surface area contributed by atoms with Gasteiger partial charge in [-0.25, -0.2) is 8.42 Å². The molecule has 0 radical (unpaired) electrons. The number of carbonyl (C=O) groups is 1. The zero-order valence-electron chi connectivity index (χ0n) is 14.7. The van der Waals surface area contributed by atoms with E-state index in [4.69, 9.17) is 0 Å². The molecule has 1 N–H and O–H groups in total. The molecule has 0 atom stereocenters. The quantitative estimate of drug-likeness (QED) is 0.804. The van der Waals surface area contributed by atoms with Gasteiger partial charge in [-0.05, 0) is 43.8 Å². The van der Waals surface area contributed by atoms with Crippen molar-refractivity contribution in [3.05, 3.63) is 22.4 Å². The summed E-state index contributed by atoms with van der Waals surface area (Å²) in [5.41, 5.74) is 0. The molecular formula is C17H27N3O3S2. The molecule has 1 aromatic heterocycles. The summed E-state index contributed by atoms with van der Waals surface area (Å²) in [6.07, 6.45) is 3.00. The van der Waals surface area contributed by atoms with Gasteiger partial charge < -0.3 is 10.2 Å². The van der Waals surface area contributed by atoms with Gasteiger partial charge in [0.05, 0.1) is 0 Å². The second-order valence-electron chi connectivity index (χ2n) is 6.98. The van der Waals surface area contributed by atoms with Crippen LogP contribution in [0.15, 0.2) is 17.5 Å². The first kappa shape index (κ1) is 18.8. The van der Waals surface area contributed by atoms with E-state index >= 15 is 0 Å². The highest BCUT2D eigenvalue weighted by atomic mass is 32.2. The van der Waals surface area contributed by atoms with Crippen molar-refractivity contribution in [3.8, 4) is 0 Å². The lowest BCUT2D eigenvalue weighted by Gasteiger charge is -2.42. The Morgan fingerprint density at radius 3 is 2.48 bits per heavy atom. The molecule has 2 fully saturated rings. The van der Waals surface area contributed by atoms with Gasteiger partial charge in [-0.2, -0.15) is 0 Å². The van der Waals surface area contributed by atoms with E-state index in [-0.39, 0.29) is 5.91 Å². The molecule has 2 saturated heterocycles. The molecular weight excluding hydrogens is 358 g/mol. The van der Waals surface area contributed by atoms with Crippen LogP contribution in [-0.4, -0.2) is 80.9 Å². The Balaban J connectivity index is 1.58. The van der Waals surface area contributed by atoms with Gasteiger partial charge in [0, 0.05) is 43.9 Å². The number of nitrogens with zero attached hydrogens (tertiary/aromatic N) is 2. The number of piperazine rings is 1. The normalized spacial score (nSPS) is 22.0. The van der Waals surface area contributed by atoms with Gasteiger partial charge in [0.25, 0.3) is 0 Å². The second kappa shape index (κ2) is 7.73. The number of hydrogen-bond donors (Lipinski definition) is 1. The maximum atomic E-state index is 13.1. The summed E-state index contributed by atoms with van der Waals surface area (Å²) in [5.74, 6) is -0.186. The molecule has 25 heavy (non-hydrogen) atoms. The Hall–Kier alpha value is -0.960. The van der Waals surface area contributed by atoms with Gasteiger partial charge in [0.1, 0.15) is 0 Å². The number of carbonyl (C=O) groups excluding carboxylic acids is 1. The van der Waals surface area contributed by atoms with Crippen molar-refractivity contribution >= 4 is 27.1 Å². The van der Waals surface area contributed by atoms with E-state index in [1.807, 2.05) is 0 Å². The van der Waals surface area contributed by atoms with Crippen LogP contribution in [-0.2, 0) is 21.1 Å². The van der Waals surface area contributed by atoms with Crippen LogP contribution in [0.5, 0.6) is 0 Å². The predicted molar refractivity (Wildman–Crippen MR) is 101 cm³/mol. The molecule has 0 aromatic carbocycles. The summed E-state index contributed by atoms with van der Waals surface area (Å²) in [4.78, 5) is 18.6. The van der Waals surface area contributed by atoms with Crippen LogP contribution in [0.4, 0.5) is 0 Å². The third-order valence-electron chi connectivity index (χ3n) is 5.42. The summed E-state index contributed by atoms with van der Waals surface area (Å²) < 4.78 is 23.6. The molecule has 1 aromatic rings. The molecule has 2 aliphatic rings. The number of nitrogens with one attached hydrogen (secondary N) is 1. The van der Waals surface area contributed by atoms with Crippen LogP contribution in [0.2, 0.25) is 0 Å². The molecule has 140 valence electrons. The van der Waals surface area contributed by atoms with E-state index in [1.54, 1.807) is 16.2 Å². The molecule has 0 saturated carbocycles. The molecule has 8 heteroatoms. The number of hydrogen-bond acceptors (Lipinski definition) is 6. The van der Waals surface area contributed by atoms with Crippen LogP contribution in [0, 0.1) is 0 Å². The first-order chi connectivity index (χ1) is 11.9. The van der Waals surface area contributed by atoms with E-state index in [2.05, 4.69) is 27.7 Å². The topological polar surface area (TPSA) is 69.7 Å². The molecule has 1 amide bonds. The maximum absolute atomic E-state index is 13.1. The third-order valence-corrected chi connectivity index (χ3v) is 8.36. The van der Waals surface area contributed by atoms with E-state index < -0.39 is 14.6 Å². The SMILES string of the molecule is CS(=O)(=O)C1(C(=O)N2CCN(CCc3cccs3)CC2)CCNCC1. The van der Waals surface area contributed by atoms with Crippen molar-refractivity contribution in [1.82, 2.24) is 15.1 Å². The smallest absolute Gasteiger partial charge is 0.244 e. The standard InChI is InChI=1S/C17H27N3O3S2/c1-25(22,23)17(5-7-18-8-6-17)16(21)20-12-10-19(11-13-20)9-4-15-3-2-14-24-15/h2-3,14,18H,4-13H2,1H3. The Labute approximate surface area is 154 Å². The molecule has 0 bridgehead atoms. The number of sulfone groups is 1. The van der Waals surface area contributed by atoms with Gasteiger partial charge in [-0.1, -0.05) is 6.07 Å². The summed E-state index contributed by atoms with van der Waals surface area (Å²) >= 11 is 1.77. The average Bonchev–Trinajstić information content (AvgIpc) is 3.13. The minimum absolute atomic E-state index is 0.186. The highest BCUT2D eigenvalue weighted by Gasteiger charge is 2.50. The van der Waals surface area contributed by atoms with Gasteiger partial charge in [-0.3, -0.25) is 9.69 Å². The fraction of sp³-hybridized carbons (Fsp3) is 0.706. The van der Waals surface area contributed by atoms with E-state index in [0.717, 1.165) is 26.1 Å². The Morgan fingerprint density at radius 1 is 1.24 bits per heavy atom. The van der Waals surface area contributed by atoms with Gasteiger partial charge >= 0.3 is 0 Å². The first-order valence-corrected chi connectivity index (χ1v) is 11.6. The minimum atomic E-state index is -3.43. The zero-order valence-corrected chi connectivity index (χ0v) is 16.4. The van der Waals surface area contributed by atoms with Crippen molar-refractivity contribution in [2.45, 2.75) is 24.0 Å². The zero-order chi connectivity index (χ0) is 17.9. The molecule has 2 aliphatic heterocycles. The predicted octanol–water partition coefficient (Wildman–Crippen LogP) is 0.602. The Kier molecular flexibility index (Phi) is 5.82. The summed E-state index contributed by atoms with van der Waals surface area (Å²) in [6.45, 7) is 5.02. The van der Waals surface area contributed by atoms with E-state index in [0.29, 0.717) is 39.0 Å². The average molecular weight is 386 g/mol. The molecule has 3 rings (SSSR count). The lowest BCUT2D eigenvalue weighted by atomic mass is 9.95. The molecule has 0 aliphatic carbocycles. The lowest BCUT2D eigenvalue weighted by Crippen LogP contribution is -2.61. The van der Waals surface area contributed by atoms with Gasteiger partial charge in [-0.15, -0.1) is 11.3 Å². The van der Waals surface area contributed by atoms with Crippen molar-refractivity contribution in [3.63, 3.8) is 0 Å². The van der Waals surface area contributed by atoms with Crippen LogP contribution < -0.4 is 5.32 Å². The highest BCUT2D eigenvalue weighted by Crippen LogP contribution is 2.30. The number of thiophene rings is 1. The summed E-state index contributed by atoms with van der Waals surface area (Å²) in [6, 6.07) is 4.22. The lowest BCUT2D eigenvalue weighted by molar-refractivity contribution is -0.136. The van der Waals surface area contributed by atoms with Crippen LogP contribution >= 0.6 is 11.3 Å². The Morgan fingerprint density at radius 2 is 1.92 bits per heavy atom. The minimum Gasteiger partial charge on any atom is -0.339 e. The first-order valence-electron chi connectivity index (χ1n) is 8.87. The number of amides is 1. The largest absolute Gasteiger partial charge is 0.339 e. The van der Waals surface area contributed by atoms with Crippen molar-refractivity contribution in [2.75, 3.05) is 52.1 Å². The summed E-state index contributed by atoms with van der Waals surface area (Å²) in [7, 11) is -3.43. The molecule has 0 unspecified atom stereocenters. The second-order valence-corrected chi connectivity index (χ2v) is 10.3. The van der Waals surface area contributed by atoms with E-state index in [9.17, 15) is 13.2 Å². The third kappa shape index (κ3) is 4.07. The maximum Gasteiger partial charge on any atom is 0.244 e. The fourth-order valence-corrected chi connectivity index (χ4v) is 5.85. The van der Waals surface area contributed by atoms with Crippen LogP contribution in [0.3, 0.4) is 0 Å². The number of rotatable bonds is 5. The van der Waals surface area contributed by atoms with Crippen molar-refractivity contribution in [1.29, 1.82) is 0 Å². The fourth-order valence-electron chi connectivity index (χ4n) is 3.76. The van der Waals surface area contributed by atoms with Gasteiger partial charge in [0.15, 0.2) is 14.6 Å². The van der Waals surface area contributed by atoms with Crippen molar-refractivity contribution < 1.29 is 13.2 Å². The molecule has 0 spiro atoms. The van der Waals surface area contributed by atoms with E-state index in [1.165, 1.54) is 11.1 Å². The molecule has 3 heterocycles. The number of piperidine rings is 1. The van der Waals surface area contributed by atoms with Crippen molar-refractivity contribution in [2.24, 2.45) is 0 Å². The Bertz CT molecular complexity index is 674.